The summed E-state index contributed by atoms with van der Waals surface area (Å²) in [6.45, 7) is 2.24. The first-order valence-corrected chi connectivity index (χ1v) is 6.23. The third kappa shape index (κ3) is 8.07. The summed E-state index contributed by atoms with van der Waals surface area (Å²) in [7, 11) is 0. The Hall–Kier alpha value is 0.279. The molecule has 108 valence electrons. The molecule has 7 heteroatoms. The normalized spacial score (nSPS) is 13.6. The predicted octanol–water partition coefficient (Wildman–Crippen LogP) is -2.57. The van der Waals surface area contributed by atoms with Crippen molar-refractivity contribution < 1.29 is 36.4 Å². The Bertz CT molecular complexity index is 164. The van der Waals surface area contributed by atoms with Gasteiger partial charge in [0.2, 0.25) is 0 Å². The van der Waals surface area contributed by atoms with Crippen molar-refractivity contribution in [1.82, 2.24) is 9.80 Å². The molecule has 1 unspecified atom stereocenters. The van der Waals surface area contributed by atoms with Gasteiger partial charge in [-0.05, 0) is 0 Å². The van der Waals surface area contributed by atoms with Gasteiger partial charge in [0.15, 0.2) is 0 Å². The summed E-state index contributed by atoms with van der Waals surface area (Å²) in [5.41, 5.74) is 0. The fourth-order valence-corrected chi connectivity index (χ4v) is 2.00. The number of rotatable bonds is 11. The Labute approximate surface area is 111 Å². The summed E-state index contributed by atoms with van der Waals surface area (Å²) in [6.07, 6.45) is 0. The molecule has 0 heterocycles. The molecule has 0 saturated carbocycles. The van der Waals surface area contributed by atoms with E-state index in [0.717, 1.165) is 0 Å². The summed E-state index contributed by atoms with van der Waals surface area (Å²) in [6, 6.07) is 0. The van der Waals surface area contributed by atoms with Crippen LogP contribution in [-0.2, 0) is 16.0 Å². The van der Waals surface area contributed by atoms with Crippen LogP contribution in [0.4, 0.5) is 0 Å². The van der Waals surface area contributed by atoms with E-state index in [1.807, 2.05) is 4.90 Å². The molecule has 0 fully saturated rings. The van der Waals surface area contributed by atoms with E-state index in [9.17, 15) is 0 Å². The maximum atomic E-state index is 8.89. The second kappa shape index (κ2) is 11.4. The van der Waals surface area contributed by atoms with Crippen LogP contribution in [0.25, 0.3) is 0 Å². The van der Waals surface area contributed by atoms with Crippen molar-refractivity contribution in [3.8, 4) is 0 Å². The standard InChI is InChI=1S/C10H23N2O4.Cu/c13-7-3-11(4-8-14)1-2-12(5-9-15)6-10-16;/h1,13-16H,2-10H2;. The Kier molecular flexibility index (Phi) is 11.6. The zero-order valence-electron chi connectivity index (χ0n) is 9.93. The minimum absolute atomic E-state index is 0.0101. The molecule has 0 aromatic carbocycles. The van der Waals surface area contributed by atoms with Crippen molar-refractivity contribution in [3.05, 3.63) is 0 Å². The second-order valence-electron chi connectivity index (χ2n) is 3.61. The molecule has 0 radical (unpaired) electrons. The molecule has 6 nitrogen and oxygen atoms in total. The van der Waals surface area contributed by atoms with Crippen LogP contribution in [0.3, 0.4) is 0 Å². The van der Waals surface area contributed by atoms with E-state index in [-0.39, 0.29) is 31.4 Å². The van der Waals surface area contributed by atoms with Crippen LogP contribution >= 0.6 is 0 Å². The third-order valence-electron chi connectivity index (χ3n) is 2.37. The fraction of sp³-hybridized carbons (Fsp3) is 1.00. The molecular formula is C10H23CuN2O4. The van der Waals surface area contributed by atoms with Gasteiger partial charge in [0.1, 0.15) is 0 Å². The summed E-state index contributed by atoms with van der Waals surface area (Å²) >= 11 is 5.46. The summed E-state index contributed by atoms with van der Waals surface area (Å²) in [4.78, 5) is 3.37. The van der Waals surface area contributed by atoms with Gasteiger partial charge in [-0.25, -0.2) is 0 Å². The molecule has 1 atom stereocenters. The predicted molar refractivity (Wildman–Crippen MR) is 60.1 cm³/mol. The number of hydrogen-bond donors (Lipinski definition) is 4. The summed E-state index contributed by atoms with van der Waals surface area (Å²) in [5, 5.41) is 35.5. The van der Waals surface area contributed by atoms with Crippen LogP contribution in [0.2, 0.25) is 0 Å². The monoisotopic (exact) mass is 298 g/mol. The molecule has 0 saturated heterocycles. The number of aliphatic hydroxyl groups is 4. The van der Waals surface area contributed by atoms with E-state index in [1.54, 1.807) is 4.90 Å². The Morgan fingerprint density at radius 3 is 1.53 bits per heavy atom. The van der Waals surface area contributed by atoms with Gasteiger partial charge in [0.25, 0.3) is 0 Å². The van der Waals surface area contributed by atoms with Crippen molar-refractivity contribution in [2.24, 2.45) is 0 Å². The number of aliphatic hydroxyl groups excluding tert-OH is 4. The molecule has 4 N–H and O–H groups in total. The van der Waals surface area contributed by atoms with Crippen molar-refractivity contribution >= 4 is 0 Å². The first-order chi connectivity index (χ1) is 8.19. The molecule has 0 aromatic rings. The summed E-state index contributed by atoms with van der Waals surface area (Å²) in [5.74, 6) is 0. The SMILES string of the molecule is OCCN(CCO)C[CH]([Cu])N(CCO)CCO. The van der Waals surface area contributed by atoms with Crippen molar-refractivity contribution in [1.29, 1.82) is 0 Å². The Balaban J connectivity index is 4.16. The summed E-state index contributed by atoms with van der Waals surface area (Å²) < 4.78 is 0. The van der Waals surface area contributed by atoms with Crippen LogP contribution in [0.5, 0.6) is 0 Å². The molecule has 0 amide bonds. The van der Waals surface area contributed by atoms with Crippen molar-refractivity contribution in [2.45, 2.75) is 4.94 Å². The molecule has 0 bridgehead atoms. The van der Waals surface area contributed by atoms with Crippen molar-refractivity contribution in [3.63, 3.8) is 0 Å². The minimum atomic E-state index is -0.278. The van der Waals surface area contributed by atoms with Crippen LogP contribution < -0.4 is 0 Å². The van der Waals surface area contributed by atoms with Gasteiger partial charge in [0.05, 0.1) is 0 Å². The van der Waals surface area contributed by atoms with Gasteiger partial charge in [-0.15, -0.1) is 0 Å². The fourth-order valence-electron chi connectivity index (χ4n) is 1.52. The zero-order valence-corrected chi connectivity index (χ0v) is 10.9. The molecule has 0 aliphatic carbocycles. The van der Waals surface area contributed by atoms with Crippen LogP contribution in [0, 0.1) is 0 Å². The molecule has 0 spiro atoms. The van der Waals surface area contributed by atoms with Crippen LogP contribution in [0.15, 0.2) is 0 Å². The van der Waals surface area contributed by atoms with E-state index in [1.165, 1.54) is 0 Å². The van der Waals surface area contributed by atoms with Crippen molar-refractivity contribution in [2.75, 3.05) is 59.2 Å². The van der Waals surface area contributed by atoms with Gasteiger partial charge < -0.3 is 0 Å². The van der Waals surface area contributed by atoms with E-state index < -0.39 is 0 Å². The average Bonchev–Trinajstić information content (AvgIpc) is 2.29. The van der Waals surface area contributed by atoms with Gasteiger partial charge in [0, 0.05) is 0 Å². The molecule has 0 aliphatic heterocycles. The quantitative estimate of drug-likeness (QED) is 0.314. The average molecular weight is 299 g/mol. The maximum absolute atomic E-state index is 8.89. The topological polar surface area (TPSA) is 87.4 Å². The molecular weight excluding hydrogens is 276 g/mol. The van der Waals surface area contributed by atoms with Gasteiger partial charge in [-0.1, -0.05) is 0 Å². The van der Waals surface area contributed by atoms with Crippen LogP contribution in [0.1, 0.15) is 0 Å². The number of hydrogen-bond acceptors (Lipinski definition) is 6. The van der Waals surface area contributed by atoms with E-state index in [2.05, 4.69) is 0 Å². The van der Waals surface area contributed by atoms with E-state index in [0.29, 0.717) is 32.7 Å². The molecule has 0 aromatic heterocycles. The first-order valence-electron chi connectivity index (χ1n) is 5.69. The second-order valence-corrected chi connectivity index (χ2v) is 4.24. The van der Waals surface area contributed by atoms with Crippen LogP contribution in [-0.4, -0.2) is 94.3 Å². The van der Waals surface area contributed by atoms with Gasteiger partial charge in [-0.3, -0.25) is 0 Å². The van der Waals surface area contributed by atoms with Gasteiger partial charge >= 0.3 is 110 Å². The molecule has 17 heavy (non-hydrogen) atoms. The molecule has 0 rings (SSSR count). The third-order valence-corrected chi connectivity index (χ3v) is 2.89. The van der Waals surface area contributed by atoms with Gasteiger partial charge in [-0.2, -0.15) is 0 Å². The number of nitrogens with zero attached hydrogens (tertiary/aromatic N) is 2. The first kappa shape index (κ1) is 17.3. The van der Waals surface area contributed by atoms with E-state index in [4.69, 9.17) is 36.4 Å². The molecule has 0 aliphatic rings. The zero-order chi connectivity index (χ0) is 13.1. The Morgan fingerprint density at radius 1 is 0.765 bits per heavy atom. The Morgan fingerprint density at radius 2 is 1.18 bits per heavy atom. The van der Waals surface area contributed by atoms with E-state index >= 15 is 0 Å².